The van der Waals surface area contributed by atoms with Gasteiger partial charge in [0.05, 0.1) is 4.92 Å². The van der Waals surface area contributed by atoms with E-state index >= 15 is 0 Å². The van der Waals surface area contributed by atoms with Gasteiger partial charge in [-0.25, -0.2) is 4.98 Å². The van der Waals surface area contributed by atoms with Gasteiger partial charge < -0.3 is 5.32 Å². The Morgan fingerprint density at radius 2 is 2.45 bits per heavy atom. The molecule has 0 aliphatic heterocycles. The third kappa shape index (κ3) is 3.20. The van der Waals surface area contributed by atoms with Crippen LogP contribution >= 0.6 is 11.8 Å². The van der Waals surface area contributed by atoms with E-state index in [0.29, 0.717) is 11.1 Å². The second-order valence-corrected chi connectivity index (χ2v) is 6.15. The molecule has 7 heteroatoms. The third-order valence-corrected chi connectivity index (χ3v) is 4.69. The minimum Gasteiger partial charge on any atom is -0.365 e. The minimum absolute atomic E-state index is 0.155. The van der Waals surface area contributed by atoms with Crippen LogP contribution in [0.25, 0.3) is 0 Å². The first-order valence-electron chi connectivity index (χ1n) is 6.58. The summed E-state index contributed by atoms with van der Waals surface area (Å²) in [6, 6.07) is 3.52. The molecule has 0 bridgehead atoms. The first-order chi connectivity index (χ1) is 9.65. The Labute approximate surface area is 121 Å². The number of pyridine rings is 1. The third-order valence-electron chi connectivity index (χ3n) is 3.36. The van der Waals surface area contributed by atoms with E-state index in [1.165, 1.54) is 12.3 Å². The topological polar surface area (TPSA) is 91.8 Å². The maximum Gasteiger partial charge on any atom is 0.289 e. The number of nitro groups is 1. The van der Waals surface area contributed by atoms with Gasteiger partial charge in [-0.15, -0.1) is 0 Å². The van der Waals surface area contributed by atoms with Crippen LogP contribution < -0.4 is 5.32 Å². The predicted molar refractivity (Wildman–Crippen MR) is 78.8 cm³/mol. The SMILES string of the molecule is CCSC1CCCC1Nc1ncc([N+](=O)[O-])cc1C#N. The smallest absolute Gasteiger partial charge is 0.289 e. The van der Waals surface area contributed by atoms with Crippen LogP contribution in [0.3, 0.4) is 0 Å². The predicted octanol–water partition coefficient (Wildman–Crippen LogP) is 2.95. The Bertz CT molecular complexity index is 544. The Kier molecular flexibility index (Phi) is 4.79. The molecule has 1 saturated carbocycles. The highest BCUT2D eigenvalue weighted by molar-refractivity contribution is 7.99. The summed E-state index contributed by atoms with van der Waals surface area (Å²) in [5, 5.41) is 23.6. The van der Waals surface area contributed by atoms with Gasteiger partial charge in [0.25, 0.3) is 5.69 Å². The molecule has 0 spiro atoms. The highest BCUT2D eigenvalue weighted by Crippen LogP contribution is 2.32. The van der Waals surface area contributed by atoms with Crippen molar-refractivity contribution >= 4 is 23.3 Å². The molecular formula is C13H16N4O2S. The van der Waals surface area contributed by atoms with E-state index in [-0.39, 0.29) is 17.3 Å². The molecule has 1 aliphatic rings. The quantitative estimate of drug-likeness (QED) is 0.662. The van der Waals surface area contributed by atoms with E-state index in [1.807, 2.05) is 17.8 Å². The average Bonchev–Trinajstić information content (AvgIpc) is 2.87. The summed E-state index contributed by atoms with van der Waals surface area (Å²) in [6.45, 7) is 2.13. The summed E-state index contributed by atoms with van der Waals surface area (Å²) >= 11 is 1.91. The number of nitrogens with one attached hydrogen (secondary N) is 1. The maximum atomic E-state index is 10.7. The number of aromatic nitrogens is 1. The van der Waals surface area contributed by atoms with Crippen molar-refractivity contribution in [1.82, 2.24) is 4.98 Å². The maximum absolute atomic E-state index is 10.7. The van der Waals surface area contributed by atoms with Crippen molar-refractivity contribution in [1.29, 1.82) is 5.26 Å². The van der Waals surface area contributed by atoms with Crippen molar-refractivity contribution in [3.8, 4) is 6.07 Å². The fraction of sp³-hybridized carbons (Fsp3) is 0.538. The minimum atomic E-state index is -0.539. The van der Waals surface area contributed by atoms with Gasteiger partial charge in [0.1, 0.15) is 23.6 Å². The lowest BCUT2D eigenvalue weighted by Gasteiger charge is -2.21. The highest BCUT2D eigenvalue weighted by Gasteiger charge is 2.28. The summed E-state index contributed by atoms with van der Waals surface area (Å²) in [5.41, 5.74) is 0.0735. The number of thioether (sulfide) groups is 1. The van der Waals surface area contributed by atoms with Crippen molar-refractivity contribution in [3.63, 3.8) is 0 Å². The molecule has 1 fully saturated rings. The Morgan fingerprint density at radius 3 is 3.10 bits per heavy atom. The van der Waals surface area contributed by atoms with E-state index < -0.39 is 4.92 Å². The molecule has 106 valence electrons. The molecule has 0 aromatic carbocycles. The molecule has 0 saturated heterocycles. The zero-order chi connectivity index (χ0) is 14.5. The molecule has 1 aromatic rings. The van der Waals surface area contributed by atoms with Gasteiger partial charge >= 0.3 is 0 Å². The number of nitrogens with zero attached hydrogens (tertiary/aromatic N) is 3. The number of nitriles is 1. The summed E-state index contributed by atoms with van der Waals surface area (Å²) in [7, 11) is 0. The van der Waals surface area contributed by atoms with Gasteiger partial charge in [0.15, 0.2) is 0 Å². The van der Waals surface area contributed by atoms with Crippen LogP contribution in [0, 0.1) is 21.4 Å². The molecule has 2 unspecified atom stereocenters. The van der Waals surface area contributed by atoms with Gasteiger partial charge in [-0.05, 0) is 18.6 Å². The largest absolute Gasteiger partial charge is 0.365 e. The van der Waals surface area contributed by atoms with Gasteiger partial charge in [0.2, 0.25) is 0 Å². The van der Waals surface area contributed by atoms with Gasteiger partial charge in [-0.1, -0.05) is 13.3 Å². The van der Waals surface area contributed by atoms with Crippen LogP contribution in [0.2, 0.25) is 0 Å². The zero-order valence-corrected chi connectivity index (χ0v) is 12.0. The first-order valence-corrected chi connectivity index (χ1v) is 7.63. The lowest BCUT2D eigenvalue weighted by molar-refractivity contribution is -0.385. The van der Waals surface area contributed by atoms with Crippen molar-refractivity contribution in [2.24, 2.45) is 0 Å². The molecule has 1 aliphatic carbocycles. The van der Waals surface area contributed by atoms with Crippen LogP contribution in [0.1, 0.15) is 31.7 Å². The van der Waals surface area contributed by atoms with Gasteiger partial charge in [-0.2, -0.15) is 17.0 Å². The summed E-state index contributed by atoms with van der Waals surface area (Å²) in [4.78, 5) is 14.2. The molecule has 0 radical (unpaired) electrons. The summed E-state index contributed by atoms with van der Waals surface area (Å²) < 4.78 is 0. The number of rotatable bonds is 5. The van der Waals surface area contributed by atoms with Crippen LogP contribution in [-0.2, 0) is 0 Å². The number of anilines is 1. The molecule has 2 rings (SSSR count). The fourth-order valence-corrected chi connectivity index (χ4v) is 3.63. The standard InChI is InChI=1S/C13H16N4O2S/c1-2-20-12-5-3-4-11(12)16-13-9(7-14)6-10(8-15-13)17(18)19/h6,8,11-12H,2-5H2,1H3,(H,15,16). The van der Waals surface area contributed by atoms with E-state index in [9.17, 15) is 10.1 Å². The second-order valence-electron chi connectivity index (χ2n) is 4.63. The van der Waals surface area contributed by atoms with Gasteiger partial charge in [0, 0.05) is 17.4 Å². The molecular weight excluding hydrogens is 276 g/mol. The fourth-order valence-electron chi connectivity index (χ4n) is 2.43. The van der Waals surface area contributed by atoms with Gasteiger partial charge in [-0.3, -0.25) is 10.1 Å². The van der Waals surface area contributed by atoms with Crippen LogP contribution in [0.15, 0.2) is 12.3 Å². The van der Waals surface area contributed by atoms with Crippen molar-refractivity contribution in [2.45, 2.75) is 37.5 Å². The monoisotopic (exact) mass is 292 g/mol. The lowest BCUT2D eigenvalue weighted by Crippen LogP contribution is -2.27. The van der Waals surface area contributed by atoms with Crippen LogP contribution in [0.5, 0.6) is 0 Å². The molecule has 1 aromatic heterocycles. The summed E-state index contributed by atoms with van der Waals surface area (Å²) in [6.07, 6.45) is 4.55. The van der Waals surface area contributed by atoms with E-state index in [4.69, 9.17) is 5.26 Å². The highest BCUT2D eigenvalue weighted by atomic mass is 32.2. The van der Waals surface area contributed by atoms with Crippen molar-refractivity contribution < 1.29 is 4.92 Å². The van der Waals surface area contributed by atoms with Crippen LogP contribution in [-0.4, -0.2) is 27.0 Å². The lowest BCUT2D eigenvalue weighted by atomic mass is 10.2. The second kappa shape index (κ2) is 6.57. The molecule has 1 N–H and O–H groups in total. The molecule has 0 amide bonds. The van der Waals surface area contributed by atoms with Crippen molar-refractivity contribution in [2.75, 3.05) is 11.1 Å². The first kappa shape index (κ1) is 14.6. The van der Waals surface area contributed by atoms with Crippen LogP contribution in [0.4, 0.5) is 11.5 Å². The van der Waals surface area contributed by atoms with E-state index in [2.05, 4.69) is 17.2 Å². The molecule has 2 atom stereocenters. The Morgan fingerprint density at radius 1 is 1.65 bits per heavy atom. The van der Waals surface area contributed by atoms with E-state index in [1.54, 1.807) is 0 Å². The Hall–Kier alpha value is -1.81. The number of hydrogen-bond donors (Lipinski definition) is 1. The number of hydrogen-bond acceptors (Lipinski definition) is 6. The average molecular weight is 292 g/mol. The molecule has 6 nitrogen and oxygen atoms in total. The van der Waals surface area contributed by atoms with Crippen molar-refractivity contribution in [3.05, 3.63) is 27.9 Å². The molecule has 1 heterocycles. The summed E-state index contributed by atoms with van der Waals surface area (Å²) in [5.74, 6) is 1.51. The normalized spacial score (nSPS) is 21.4. The van der Waals surface area contributed by atoms with E-state index in [0.717, 1.165) is 25.0 Å². The Balaban J connectivity index is 2.17. The molecule has 20 heavy (non-hydrogen) atoms. The zero-order valence-electron chi connectivity index (χ0n) is 11.2.